The number of nitrogens with zero attached hydrogens (tertiary/aromatic N) is 1. The van der Waals surface area contributed by atoms with Crippen LogP contribution in [0.25, 0.3) is 4.85 Å². The quantitative estimate of drug-likeness (QED) is 0.560. The number of aromatic hydroxyl groups is 1. The standard InChI is InChI=1S/C22H30N2O3/c1-21-8-6-17-16-5-4-15(25)11-18(16)14(12-24-13-27-3)10-19(17)22(21,23-2)9-7-20(21)26/h2,4-5,11,14,17,19-20,24,26H,6-10,12-13H2,1,3H3/p+1. The number of nitrogens with one attached hydrogen (secondary N) is 1. The Kier molecular flexibility index (Phi) is 4.70. The van der Waals surface area contributed by atoms with Crippen LogP contribution in [0.2, 0.25) is 0 Å². The van der Waals surface area contributed by atoms with Crippen molar-refractivity contribution in [3.8, 4) is 12.3 Å². The van der Waals surface area contributed by atoms with Crippen LogP contribution in [-0.2, 0) is 4.74 Å². The minimum Gasteiger partial charge on any atom is -0.508 e. The van der Waals surface area contributed by atoms with E-state index >= 15 is 0 Å². The number of hydrogen-bond acceptors (Lipinski definition) is 4. The Labute approximate surface area is 161 Å². The van der Waals surface area contributed by atoms with Crippen molar-refractivity contribution in [2.24, 2.45) is 11.3 Å². The summed E-state index contributed by atoms with van der Waals surface area (Å²) in [4.78, 5) is 4.51. The van der Waals surface area contributed by atoms with Gasteiger partial charge in [-0.3, -0.25) is 5.32 Å². The summed E-state index contributed by atoms with van der Waals surface area (Å²) in [6.45, 7) is 9.55. The normalized spacial score (nSPS) is 39.9. The molecule has 0 radical (unpaired) electrons. The van der Waals surface area contributed by atoms with Gasteiger partial charge in [-0.25, -0.2) is 0 Å². The predicted molar refractivity (Wildman–Crippen MR) is 105 cm³/mol. The van der Waals surface area contributed by atoms with Crippen molar-refractivity contribution >= 4 is 0 Å². The minimum atomic E-state index is -0.371. The fraction of sp³-hybridized carbons (Fsp3) is 0.682. The van der Waals surface area contributed by atoms with Crippen molar-refractivity contribution in [1.29, 1.82) is 0 Å². The average molecular weight is 372 g/mol. The van der Waals surface area contributed by atoms with Crippen LogP contribution in [0.1, 0.15) is 62.0 Å². The minimum absolute atomic E-state index is 0.248. The molecule has 0 aromatic heterocycles. The van der Waals surface area contributed by atoms with Gasteiger partial charge in [0.1, 0.15) is 5.75 Å². The lowest BCUT2D eigenvalue weighted by Crippen LogP contribution is -2.56. The predicted octanol–water partition coefficient (Wildman–Crippen LogP) is 3.43. The molecule has 1 aromatic rings. The van der Waals surface area contributed by atoms with Crippen molar-refractivity contribution in [1.82, 2.24) is 5.32 Å². The highest BCUT2D eigenvalue weighted by Gasteiger charge is 2.72. The molecule has 3 aliphatic rings. The molecule has 6 unspecified atom stereocenters. The molecule has 2 fully saturated rings. The summed E-state index contributed by atoms with van der Waals surface area (Å²) in [5, 5.41) is 24.2. The van der Waals surface area contributed by atoms with Gasteiger partial charge in [0.25, 0.3) is 12.1 Å². The van der Waals surface area contributed by atoms with Gasteiger partial charge in [-0.2, -0.15) is 0 Å². The van der Waals surface area contributed by atoms with E-state index in [1.165, 1.54) is 11.1 Å². The number of hydrogen-bond donors (Lipinski definition) is 3. The van der Waals surface area contributed by atoms with E-state index in [0.717, 1.165) is 38.6 Å². The Balaban J connectivity index is 1.76. The molecule has 27 heavy (non-hydrogen) atoms. The highest BCUT2D eigenvalue weighted by Crippen LogP contribution is 2.66. The van der Waals surface area contributed by atoms with Crippen LogP contribution in [0.4, 0.5) is 0 Å². The number of phenols is 1. The molecule has 146 valence electrons. The first kappa shape index (κ1) is 18.7. The third-order valence-electron chi connectivity index (χ3n) is 7.91. The average Bonchev–Trinajstić information content (AvgIpc) is 2.94. The zero-order chi connectivity index (χ0) is 19.2. The van der Waals surface area contributed by atoms with Gasteiger partial charge in [0.2, 0.25) is 0 Å². The van der Waals surface area contributed by atoms with Crippen LogP contribution >= 0.6 is 0 Å². The van der Waals surface area contributed by atoms with E-state index in [2.05, 4.69) is 23.2 Å². The first-order chi connectivity index (χ1) is 13.0. The van der Waals surface area contributed by atoms with E-state index in [9.17, 15) is 10.2 Å². The SMILES string of the molecule is C#[N+]C12CCC(O)C1(C)CCC1c3ccc(O)cc3C(CNCOC)CC12. The number of aliphatic hydroxyl groups excluding tert-OH is 1. The third kappa shape index (κ3) is 2.61. The van der Waals surface area contributed by atoms with Gasteiger partial charge in [0, 0.05) is 26.0 Å². The van der Waals surface area contributed by atoms with Crippen LogP contribution in [0.5, 0.6) is 5.75 Å². The lowest BCUT2D eigenvalue weighted by atomic mass is 9.50. The number of aliphatic hydroxyl groups is 1. The van der Waals surface area contributed by atoms with Gasteiger partial charge in [-0.05, 0) is 67.7 Å². The second-order valence-electron chi connectivity index (χ2n) is 8.91. The van der Waals surface area contributed by atoms with Crippen LogP contribution in [0.3, 0.4) is 0 Å². The van der Waals surface area contributed by atoms with E-state index < -0.39 is 0 Å². The van der Waals surface area contributed by atoms with E-state index in [-0.39, 0.29) is 23.0 Å². The molecule has 2 saturated carbocycles. The molecule has 0 amide bonds. The summed E-state index contributed by atoms with van der Waals surface area (Å²) in [6, 6.07) is 5.81. The van der Waals surface area contributed by atoms with Crippen molar-refractivity contribution in [2.45, 2.75) is 62.5 Å². The fourth-order valence-electron chi connectivity index (χ4n) is 6.49. The van der Waals surface area contributed by atoms with Gasteiger partial charge in [0.05, 0.1) is 18.2 Å². The third-order valence-corrected chi connectivity index (χ3v) is 7.91. The Bertz CT molecular complexity index is 760. The smallest absolute Gasteiger partial charge is 0.291 e. The molecule has 5 nitrogen and oxygen atoms in total. The Hall–Kier alpha value is -1.61. The van der Waals surface area contributed by atoms with Gasteiger partial charge in [-0.1, -0.05) is 10.9 Å². The largest absolute Gasteiger partial charge is 0.508 e. The van der Waals surface area contributed by atoms with E-state index in [1.54, 1.807) is 13.2 Å². The summed E-state index contributed by atoms with van der Waals surface area (Å²) in [7, 11) is 1.68. The number of fused-ring (bicyclic) bond motifs is 5. The fourth-order valence-corrected chi connectivity index (χ4v) is 6.49. The highest BCUT2D eigenvalue weighted by molar-refractivity contribution is 5.44. The van der Waals surface area contributed by atoms with Gasteiger partial charge in [0.15, 0.2) is 0 Å². The van der Waals surface area contributed by atoms with Crippen LogP contribution in [0.15, 0.2) is 18.2 Å². The molecular weight excluding hydrogens is 340 g/mol. The number of phenolic OH excluding ortho intramolecular Hbond substituents is 1. The maximum Gasteiger partial charge on any atom is 0.291 e. The number of benzene rings is 1. The molecule has 3 aliphatic carbocycles. The number of methoxy groups -OCH3 is 1. The lowest BCUT2D eigenvalue weighted by Gasteiger charge is -2.50. The van der Waals surface area contributed by atoms with E-state index in [4.69, 9.17) is 11.3 Å². The summed E-state index contributed by atoms with van der Waals surface area (Å²) >= 11 is 0. The molecule has 5 heteroatoms. The Morgan fingerprint density at radius 1 is 1.30 bits per heavy atom. The van der Waals surface area contributed by atoms with Crippen LogP contribution < -0.4 is 5.32 Å². The van der Waals surface area contributed by atoms with Crippen molar-refractivity contribution in [3.05, 3.63) is 34.2 Å². The Morgan fingerprint density at radius 2 is 2.11 bits per heavy atom. The maximum absolute atomic E-state index is 10.8. The molecule has 3 N–H and O–H groups in total. The van der Waals surface area contributed by atoms with Crippen molar-refractivity contribution < 1.29 is 14.9 Å². The molecule has 6 atom stereocenters. The summed E-state index contributed by atoms with van der Waals surface area (Å²) < 4.78 is 5.16. The summed E-state index contributed by atoms with van der Waals surface area (Å²) in [5.41, 5.74) is 1.93. The second kappa shape index (κ2) is 6.77. The van der Waals surface area contributed by atoms with Gasteiger partial charge < -0.3 is 14.9 Å². The molecule has 4 rings (SSSR count). The lowest BCUT2D eigenvalue weighted by molar-refractivity contribution is -0.0256. The first-order valence-corrected chi connectivity index (χ1v) is 10.1. The summed E-state index contributed by atoms with van der Waals surface area (Å²) in [5.74, 6) is 1.27. The highest BCUT2D eigenvalue weighted by atomic mass is 16.5. The van der Waals surface area contributed by atoms with E-state index in [0.29, 0.717) is 24.3 Å². The molecule has 0 spiro atoms. The zero-order valence-electron chi connectivity index (χ0n) is 16.3. The van der Waals surface area contributed by atoms with Gasteiger partial charge in [-0.15, -0.1) is 0 Å². The molecule has 1 aromatic carbocycles. The number of rotatable bonds is 4. The van der Waals surface area contributed by atoms with Crippen molar-refractivity contribution in [2.75, 3.05) is 20.4 Å². The van der Waals surface area contributed by atoms with Crippen molar-refractivity contribution in [3.63, 3.8) is 0 Å². The number of ether oxygens (including phenoxy) is 1. The molecule has 0 bridgehead atoms. The summed E-state index contributed by atoms with van der Waals surface area (Å²) in [6.07, 6.45) is 4.22. The second-order valence-corrected chi connectivity index (χ2v) is 8.91. The maximum atomic E-state index is 10.8. The van der Waals surface area contributed by atoms with Crippen LogP contribution in [-0.4, -0.2) is 42.2 Å². The molecule has 0 saturated heterocycles. The monoisotopic (exact) mass is 371 g/mol. The van der Waals surface area contributed by atoms with Crippen LogP contribution in [0, 0.1) is 17.9 Å². The zero-order valence-corrected chi connectivity index (χ0v) is 16.3. The Morgan fingerprint density at radius 3 is 2.85 bits per heavy atom. The van der Waals surface area contributed by atoms with E-state index in [1.807, 2.05) is 6.07 Å². The first-order valence-electron chi connectivity index (χ1n) is 10.1. The molecule has 0 aliphatic heterocycles. The van der Waals surface area contributed by atoms with Gasteiger partial charge >= 0.3 is 0 Å². The molecular formula is C22H31N2O3+. The topological polar surface area (TPSA) is 66.1 Å². The molecule has 0 heterocycles.